The highest BCUT2D eigenvalue weighted by Crippen LogP contribution is 2.22. The monoisotopic (exact) mass is 167 g/mol. The first-order chi connectivity index (χ1) is 5.66. The molecule has 1 amide bonds. The lowest BCUT2D eigenvalue weighted by molar-refractivity contribution is -0.130. The van der Waals surface area contributed by atoms with Crippen molar-refractivity contribution in [3.05, 3.63) is 12.7 Å². The number of hydrogen-bond acceptors (Lipinski definition) is 1. The fourth-order valence-electron chi connectivity index (χ4n) is 1.76. The molecular formula is C10H17NO. The summed E-state index contributed by atoms with van der Waals surface area (Å²) < 4.78 is 0. The average Bonchev–Trinajstić information content (AvgIpc) is 2.08. The zero-order valence-corrected chi connectivity index (χ0v) is 7.92. The second-order valence-corrected chi connectivity index (χ2v) is 3.60. The third-order valence-electron chi connectivity index (χ3n) is 2.83. The van der Waals surface area contributed by atoms with Crippen LogP contribution in [0.25, 0.3) is 0 Å². The molecule has 0 radical (unpaired) electrons. The first-order valence-electron chi connectivity index (χ1n) is 4.60. The van der Waals surface area contributed by atoms with Gasteiger partial charge in [0, 0.05) is 12.6 Å². The van der Waals surface area contributed by atoms with Gasteiger partial charge < -0.3 is 4.90 Å². The van der Waals surface area contributed by atoms with Gasteiger partial charge in [0.15, 0.2) is 0 Å². The number of amides is 1. The van der Waals surface area contributed by atoms with Gasteiger partial charge in [-0.15, -0.1) is 0 Å². The summed E-state index contributed by atoms with van der Waals surface area (Å²) in [6.45, 7) is 8.72. The van der Waals surface area contributed by atoms with Crippen LogP contribution in [0, 0.1) is 5.92 Å². The fraction of sp³-hybridized carbons (Fsp3) is 0.700. The van der Waals surface area contributed by atoms with E-state index in [1.54, 1.807) is 0 Å². The molecule has 0 saturated carbocycles. The van der Waals surface area contributed by atoms with Crippen molar-refractivity contribution in [1.82, 2.24) is 4.90 Å². The van der Waals surface area contributed by atoms with E-state index in [-0.39, 0.29) is 5.91 Å². The Morgan fingerprint density at radius 1 is 1.58 bits per heavy atom. The van der Waals surface area contributed by atoms with Crippen molar-refractivity contribution in [3.63, 3.8) is 0 Å². The van der Waals surface area contributed by atoms with Crippen LogP contribution in [-0.2, 0) is 4.79 Å². The Kier molecular flexibility index (Phi) is 2.90. The molecule has 0 aliphatic carbocycles. The molecule has 0 aromatic rings. The molecule has 0 spiro atoms. The van der Waals surface area contributed by atoms with Crippen molar-refractivity contribution in [2.24, 2.45) is 5.92 Å². The molecule has 0 N–H and O–H groups in total. The largest absolute Gasteiger partial charge is 0.336 e. The zero-order valence-electron chi connectivity index (χ0n) is 7.92. The topological polar surface area (TPSA) is 20.3 Å². The maximum absolute atomic E-state index is 11.3. The number of carbonyl (C=O) groups excluding carboxylic acids is 1. The molecule has 1 saturated heterocycles. The van der Waals surface area contributed by atoms with E-state index in [1.165, 1.54) is 12.5 Å². The molecule has 1 fully saturated rings. The summed E-state index contributed by atoms with van der Waals surface area (Å²) in [5.41, 5.74) is 0. The normalized spacial score (nSPS) is 30.0. The van der Waals surface area contributed by atoms with E-state index in [2.05, 4.69) is 20.4 Å². The van der Waals surface area contributed by atoms with Crippen molar-refractivity contribution < 1.29 is 4.79 Å². The van der Waals surface area contributed by atoms with Gasteiger partial charge in [-0.2, -0.15) is 0 Å². The lowest BCUT2D eigenvalue weighted by atomic mass is 9.92. The van der Waals surface area contributed by atoms with E-state index in [1.807, 2.05) is 4.90 Å². The van der Waals surface area contributed by atoms with Crippen LogP contribution in [0.1, 0.15) is 26.7 Å². The number of hydrogen-bond donors (Lipinski definition) is 0. The fourth-order valence-corrected chi connectivity index (χ4v) is 1.76. The molecule has 2 atom stereocenters. The highest BCUT2D eigenvalue weighted by Gasteiger charge is 2.26. The number of rotatable bonds is 1. The Balaban J connectivity index is 2.63. The van der Waals surface area contributed by atoms with Gasteiger partial charge in [0.2, 0.25) is 5.91 Å². The molecule has 2 heteroatoms. The molecule has 1 rings (SSSR count). The standard InChI is InChI=1S/C10H17NO/c1-4-10(12)11-7-5-6-8(2)9(11)3/h4,8-9H,1,5-7H2,2-3H3/t8-,9-/m0/s1. The zero-order chi connectivity index (χ0) is 9.14. The Bertz CT molecular complexity index is 188. The van der Waals surface area contributed by atoms with Gasteiger partial charge in [0.1, 0.15) is 0 Å². The van der Waals surface area contributed by atoms with Gasteiger partial charge in [0.05, 0.1) is 0 Å². The van der Waals surface area contributed by atoms with Gasteiger partial charge in [0.25, 0.3) is 0 Å². The van der Waals surface area contributed by atoms with Crippen molar-refractivity contribution in [2.75, 3.05) is 6.54 Å². The van der Waals surface area contributed by atoms with Gasteiger partial charge in [-0.25, -0.2) is 0 Å². The summed E-state index contributed by atoms with van der Waals surface area (Å²) in [7, 11) is 0. The average molecular weight is 167 g/mol. The molecule has 1 heterocycles. The predicted molar refractivity (Wildman–Crippen MR) is 49.8 cm³/mol. The molecule has 1 aliphatic heterocycles. The molecule has 68 valence electrons. The lowest BCUT2D eigenvalue weighted by Gasteiger charge is -2.37. The van der Waals surface area contributed by atoms with Gasteiger partial charge in [-0.3, -0.25) is 4.79 Å². The second-order valence-electron chi connectivity index (χ2n) is 3.60. The first kappa shape index (κ1) is 9.30. The van der Waals surface area contributed by atoms with Crippen LogP contribution in [0.2, 0.25) is 0 Å². The van der Waals surface area contributed by atoms with Crippen molar-refractivity contribution in [2.45, 2.75) is 32.7 Å². The quantitative estimate of drug-likeness (QED) is 0.545. The Hall–Kier alpha value is -0.790. The highest BCUT2D eigenvalue weighted by atomic mass is 16.2. The van der Waals surface area contributed by atoms with E-state index in [4.69, 9.17) is 0 Å². The minimum Gasteiger partial charge on any atom is -0.336 e. The Morgan fingerprint density at radius 2 is 2.25 bits per heavy atom. The maximum atomic E-state index is 11.3. The number of piperidine rings is 1. The van der Waals surface area contributed by atoms with Gasteiger partial charge in [-0.1, -0.05) is 13.5 Å². The van der Waals surface area contributed by atoms with Crippen LogP contribution in [-0.4, -0.2) is 23.4 Å². The number of nitrogens with zero attached hydrogens (tertiary/aromatic N) is 1. The van der Waals surface area contributed by atoms with Crippen LogP contribution < -0.4 is 0 Å². The second kappa shape index (κ2) is 3.74. The maximum Gasteiger partial charge on any atom is 0.246 e. The molecule has 2 nitrogen and oxygen atoms in total. The summed E-state index contributed by atoms with van der Waals surface area (Å²) in [4.78, 5) is 13.2. The van der Waals surface area contributed by atoms with Crippen LogP contribution >= 0.6 is 0 Å². The van der Waals surface area contributed by atoms with Gasteiger partial charge in [-0.05, 0) is 31.8 Å². The molecule has 0 aromatic carbocycles. The van der Waals surface area contributed by atoms with E-state index >= 15 is 0 Å². The minimum absolute atomic E-state index is 0.0778. The summed E-state index contributed by atoms with van der Waals surface area (Å²) in [6, 6.07) is 0.379. The number of likely N-dealkylation sites (tertiary alicyclic amines) is 1. The molecular weight excluding hydrogens is 150 g/mol. The lowest BCUT2D eigenvalue weighted by Crippen LogP contribution is -2.45. The van der Waals surface area contributed by atoms with Crippen molar-refractivity contribution in [3.8, 4) is 0 Å². The first-order valence-corrected chi connectivity index (χ1v) is 4.60. The summed E-state index contributed by atoms with van der Waals surface area (Å²) in [6.07, 6.45) is 3.78. The summed E-state index contributed by atoms with van der Waals surface area (Å²) >= 11 is 0. The SMILES string of the molecule is C=CC(=O)N1CCC[C@H](C)[C@@H]1C. The molecule has 12 heavy (non-hydrogen) atoms. The molecule has 0 bridgehead atoms. The third kappa shape index (κ3) is 1.68. The Labute approximate surface area is 74.2 Å². The molecule has 0 aromatic heterocycles. The van der Waals surface area contributed by atoms with E-state index < -0.39 is 0 Å². The Morgan fingerprint density at radius 3 is 2.83 bits per heavy atom. The summed E-state index contributed by atoms with van der Waals surface area (Å²) in [5.74, 6) is 0.705. The van der Waals surface area contributed by atoms with Crippen LogP contribution in [0.4, 0.5) is 0 Å². The van der Waals surface area contributed by atoms with E-state index in [0.29, 0.717) is 12.0 Å². The highest BCUT2D eigenvalue weighted by molar-refractivity contribution is 5.87. The molecule has 1 aliphatic rings. The third-order valence-corrected chi connectivity index (χ3v) is 2.83. The minimum atomic E-state index is 0.0778. The smallest absolute Gasteiger partial charge is 0.246 e. The van der Waals surface area contributed by atoms with Crippen LogP contribution in [0.5, 0.6) is 0 Å². The van der Waals surface area contributed by atoms with Crippen LogP contribution in [0.3, 0.4) is 0 Å². The van der Waals surface area contributed by atoms with E-state index in [9.17, 15) is 4.79 Å². The van der Waals surface area contributed by atoms with E-state index in [0.717, 1.165) is 13.0 Å². The summed E-state index contributed by atoms with van der Waals surface area (Å²) in [5, 5.41) is 0. The molecule has 0 unspecified atom stereocenters. The van der Waals surface area contributed by atoms with Crippen molar-refractivity contribution in [1.29, 1.82) is 0 Å². The predicted octanol–water partition coefficient (Wildman–Crippen LogP) is 1.82. The van der Waals surface area contributed by atoms with Crippen molar-refractivity contribution >= 4 is 5.91 Å². The van der Waals surface area contributed by atoms with Gasteiger partial charge >= 0.3 is 0 Å². The van der Waals surface area contributed by atoms with Crippen LogP contribution in [0.15, 0.2) is 12.7 Å². The number of carbonyl (C=O) groups is 1.